The topological polar surface area (TPSA) is 21.3 Å². The van der Waals surface area contributed by atoms with E-state index in [-0.39, 0.29) is 23.7 Å². The van der Waals surface area contributed by atoms with Crippen LogP contribution in [-0.2, 0) is 0 Å². The van der Waals surface area contributed by atoms with Crippen LogP contribution in [-0.4, -0.2) is 13.2 Å². The standard InChI is InChI=1S/C21H24FNO/c1-14(17-11-12-21(24-3)20(22)13-17)23-15(2)18-10-6-8-16-7-4-5-9-19(16)18/h4-5,7-9,11-15,23H,6,10H2,1-3H3/t14-,15-/m1/s1. The maximum Gasteiger partial charge on any atom is 0.165 e. The highest BCUT2D eigenvalue weighted by atomic mass is 19.1. The minimum Gasteiger partial charge on any atom is -0.494 e. The molecular weight excluding hydrogens is 301 g/mol. The molecule has 0 saturated carbocycles. The van der Waals surface area contributed by atoms with E-state index < -0.39 is 0 Å². The first-order valence-corrected chi connectivity index (χ1v) is 8.48. The molecular formula is C21H24FNO. The SMILES string of the molecule is COc1ccc([C@@H](C)N[C@H](C)C2=c3ccccc3=CCC2)cc1F. The molecule has 0 fully saturated rings. The first-order valence-electron chi connectivity index (χ1n) is 8.48. The van der Waals surface area contributed by atoms with E-state index in [1.807, 2.05) is 6.07 Å². The fourth-order valence-electron chi connectivity index (χ4n) is 3.46. The van der Waals surface area contributed by atoms with Gasteiger partial charge in [0.2, 0.25) is 0 Å². The molecule has 1 aliphatic carbocycles. The van der Waals surface area contributed by atoms with Gasteiger partial charge in [0.05, 0.1) is 7.11 Å². The second kappa shape index (κ2) is 7.18. The van der Waals surface area contributed by atoms with Crippen LogP contribution >= 0.6 is 0 Å². The molecule has 2 aromatic rings. The number of hydrogen-bond donors (Lipinski definition) is 1. The lowest BCUT2D eigenvalue weighted by Gasteiger charge is -2.24. The Morgan fingerprint density at radius 2 is 1.88 bits per heavy atom. The third kappa shape index (κ3) is 3.36. The monoisotopic (exact) mass is 325 g/mol. The molecule has 3 rings (SSSR count). The molecule has 0 heterocycles. The Bertz CT molecular complexity index is 843. The van der Waals surface area contributed by atoms with E-state index in [4.69, 9.17) is 4.74 Å². The minimum absolute atomic E-state index is 0.0611. The highest BCUT2D eigenvalue weighted by molar-refractivity contribution is 5.55. The molecule has 1 N–H and O–H groups in total. The van der Waals surface area contributed by atoms with Crippen LogP contribution in [0, 0.1) is 5.82 Å². The van der Waals surface area contributed by atoms with E-state index in [1.165, 1.54) is 23.1 Å². The van der Waals surface area contributed by atoms with E-state index in [0.29, 0.717) is 0 Å². The number of nitrogens with one attached hydrogen (secondary N) is 1. The average molecular weight is 325 g/mol. The summed E-state index contributed by atoms with van der Waals surface area (Å²) in [5, 5.41) is 6.26. The van der Waals surface area contributed by atoms with Gasteiger partial charge >= 0.3 is 0 Å². The zero-order chi connectivity index (χ0) is 17.1. The number of rotatable bonds is 5. The summed E-state index contributed by atoms with van der Waals surface area (Å²) in [6, 6.07) is 14.0. The lowest BCUT2D eigenvalue weighted by Crippen LogP contribution is -2.38. The molecule has 126 valence electrons. The van der Waals surface area contributed by atoms with Gasteiger partial charge < -0.3 is 10.1 Å². The van der Waals surface area contributed by atoms with Crippen molar-refractivity contribution in [3.05, 3.63) is 64.3 Å². The van der Waals surface area contributed by atoms with Gasteiger partial charge in [-0.05, 0) is 60.4 Å². The second-order valence-electron chi connectivity index (χ2n) is 6.36. The number of halogens is 1. The molecule has 2 atom stereocenters. The third-order valence-corrected chi connectivity index (χ3v) is 4.78. The highest BCUT2D eigenvalue weighted by Crippen LogP contribution is 2.23. The fourth-order valence-corrected chi connectivity index (χ4v) is 3.46. The van der Waals surface area contributed by atoms with Crippen molar-refractivity contribution in [2.24, 2.45) is 0 Å². The van der Waals surface area contributed by atoms with Gasteiger partial charge in [-0.2, -0.15) is 0 Å². The smallest absolute Gasteiger partial charge is 0.165 e. The Kier molecular flexibility index (Phi) is 5.00. The minimum atomic E-state index is -0.318. The van der Waals surface area contributed by atoms with E-state index >= 15 is 0 Å². The van der Waals surface area contributed by atoms with Crippen molar-refractivity contribution >= 4 is 11.6 Å². The highest BCUT2D eigenvalue weighted by Gasteiger charge is 2.16. The number of ether oxygens (including phenoxy) is 1. The second-order valence-corrected chi connectivity index (χ2v) is 6.36. The van der Waals surface area contributed by atoms with Gasteiger partial charge in [-0.3, -0.25) is 0 Å². The molecule has 0 unspecified atom stereocenters. The van der Waals surface area contributed by atoms with E-state index in [1.54, 1.807) is 12.1 Å². The van der Waals surface area contributed by atoms with Crippen molar-refractivity contribution < 1.29 is 9.13 Å². The quantitative estimate of drug-likeness (QED) is 0.911. The molecule has 0 aliphatic heterocycles. The van der Waals surface area contributed by atoms with Gasteiger partial charge in [-0.15, -0.1) is 0 Å². The Morgan fingerprint density at radius 3 is 2.62 bits per heavy atom. The molecule has 0 radical (unpaired) electrons. The Morgan fingerprint density at radius 1 is 1.08 bits per heavy atom. The van der Waals surface area contributed by atoms with E-state index in [0.717, 1.165) is 18.4 Å². The largest absolute Gasteiger partial charge is 0.494 e. The summed E-state index contributed by atoms with van der Waals surface area (Å²) in [6.45, 7) is 4.26. The van der Waals surface area contributed by atoms with Gasteiger partial charge in [0, 0.05) is 12.1 Å². The zero-order valence-electron chi connectivity index (χ0n) is 14.5. The van der Waals surface area contributed by atoms with Crippen LogP contribution in [0.15, 0.2) is 42.5 Å². The van der Waals surface area contributed by atoms with Crippen LogP contribution in [0.4, 0.5) is 4.39 Å². The molecule has 1 aliphatic rings. The molecule has 2 aromatic carbocycles. The first-order chi connectivity index (χ1) is 11.6. The van der Waals surface area contributed by atoms with Crippen LogP contribution in [0.1, 0.15) is 38.3 Å². The summed E-state index contributed by atoms with van der Waals surface area (Å²) in [4.78, 5) is 0. The van der Waals surface area contributed by atoms with Crippen LogP contribution < -0.4 is 20.5 Å². The Balaban J connectivity index is 1.84. The molecule has 2 nitrogen and oxygen atoms in total. The van der Waals surface area contributed by atoms with E-state index in [9.17, 15) is 4.39 Å². The summed E-state index contributed by atoms with van der Waals surface area (Å²) < 4.78 is 18.9. The molecule has 0 saturated heterocycles. The fraction of sp³-hybridized carbons (Fsp3) is 0.333. The number of methoxy groups -OCH3 is 1. The molecule has 0 aromatic heterocycles. The normalized spacial score (nSPS) is 16.1. The average Bonchev–Trinajstić information content (AvgIpc) is 2.61. The van der Waals surface area contributed by atoms with Gasteiger partial charge in [0.25, 0.3) is 0 Å². The first kappa shape index (κ1) is 16.7. The number of hydrogen-bond acceptors (Lipinski definition) is 2. The number of fused-ring (bicyclic) bond motifs is 1. The van der Waals surface area contributed by atoms with Crippen LogP contribution in [0.2, 0.25) is 0 Å². The molecule has 0 spiro atoms. The Labute approximate surface area is 142 Å². The lowest BCUT2D eigenvalue weighted by atomic mass is 9.94. The maximum absolute atomic E-state index is 13.9. The van der Waals surface area contributed by atoms with Gasteiger partial charge in [0.15, 0.2) is 11.6 Å². The van der Waals surface area contributed by atoms with Gasteiger partial charge in [0.1, 0.15) is 0 Å². The lowest BCUT2D eigenvalue weighted by molar-refractivity contribution is 0.385. The molecule has 24 heavy (non-hydrogen) atoms. The van der Waals surface area contributed by atoms with Crippen molar-refractivity contribution in [2.75, 3.05) is 7.11 Å². The zero-order valence-corrected chi connectivity index (χ0v) is 14.5. The van der Waals surface area contributed by atoms with Crippen LogP contribution in [0.25, 0.3) is 11.6 Å². The summed E-state index contributed by atoms with van der Waals surface area (Å²) in [5.41, 5.74) is 2.35. The maximum atomic E-state index is 13.9. The summed E-state index contributed by atoms with van der Waals surface area (Å²) in [6.07, 6.45) is 4.44. The van der Waals surface area contributed by atoms with Crippen molar-refractivity contribution in [1.29, 1.82) is 0 Å². The predicted octanol–water partition coefficient (Wildman–Crippen LogP) is 3.30. The summed E-state index contributed by atoms with van der Waals surface area (Å²) in [5.74, 6) is -0.0355. The van der Waals surface area contributed by atoms with Crippen molar-refractivity contribution in [3.8, 4) is 5.75 Å². The Hall–Kier alpha value is -2.13. The number of benzene rings is 2. The van der Waals surface area contributed by atoms with Crippen LogP contribution in [0.3, 0.4) is 0 Å². The van der Waals surface area contributed by atoms with Crippen molar-refractivity contribution in [3.63, 3.8) is 0 Å². The summed E-state index contributed by atoms with van der Waals surface area (Å²) >= 11 is 0. The predicted molar refractivity (Wildman–Crippen MR) is 96.8 cm³/mol. The van der Waals surface area contributed by atoms with Gasteiger partial charge in [-0.1, -0.05) is 36.4 Å². The summed E-state index contributed by atoms with van der Waals surface area (Å²) in [7, 11) is 1.48. The molecule has 0 bridgehead atoms. The molecule has 0 amide bonds. The van der Waals surface area contributed by atoms with E-state index in [2.05, 4.69) is 49.5 Å². The van der Waals surface area contributed by atoms with Crippen LogP contribution in [0.5, 0.6) is 5.75 Å². The third-order valence-electron chi connectivity index (χ3n) is 4.78. The van der Waals surface area contributed by atoms with Crippen molar-refractivity contribution in [1.82, 2.24) is 5.32 Å². The molecule has 3 heteroatoms. The van der Waals surface area contributed by atoms with Gasteiger partial charge in [-0.25, -0.2) is 4.39 Å². The van der Waals surface area contributed by atoms with Crippen molar-refractivity contribution in [2.45, 2.75) is 38.8 Å².